The Balaban J connectivity index is 1.37. The summed E-state index contributed by atoms with van der Waals surface area (Å²) in [7, 11) is 0. The van der Waals surface area contributed by atoms with E-state index < -0.39 is 11.6 Å². The van der Waals surface area contributed by atoms with Crippen LogP contribution in [0.2, 0.25) is 0 Å². The van der Waals surface area contributed by atoms with Crippen LogP contribution < -0.4 is 4.90 Å². The first-order chi connectivity index (χ1) is 15.0. The van der Waals surface area contributed by atoms with Crippen molar-refractivity contribution < 1.29 is 14.3 Å². The van der Waals surface area contributed by atoms with Crippen LogP contribution >= 0.6 is 0 Å². The number of hydrogen-bond acceptors (Lipinski definition) is 4. The summed E-state index contributed by atoms with van der Waals surface area (Å²) < 4.78 is 5.54. The molecule has 0 spiro atoms. The van der Waals surface area contributed by atoms with Gasteiger partial charge < -0.3 is 14.5 Å². The number of hydrogen-bond donors (Lipinski definition) is 0. The number of carbonyl (C=O) groups excluding carboxylic acids is 2. The molecule has 2 aliphatic rings. The zero-order valence-electron chi connectivity index (χ0n) is 18.4. The van der Waals surface area contributed by atoms with Crippen molar-refractivity contribution in [2.45, 2.75) is 38.8 Å². The smallest absolute Gasteiger partial charge is 0.410 e. The normalized spacial score (nSPS) is 21.3. The first-order valence-corrected chi connectivity index (χ1v) is 11.1. The number of carbonyl (C=O) groups is 2. The number of anilines is 1. The Morgan fingerprint density at radius 3 is 2.42 bits per heavy atom. The van der Waals surface area contributed by atoms with Crippen LogP contribution in [0.3, 0.4) is 0 Å². The number of piperazine rings is 1. The molecule has 6 heteroatoms. The molecule has 2 aromatic carbocycles. The molecule has 4 rings (SSSR count). The van der Waals surface area contributed by atoms with Gasteiger partial charge in [0.25, 0.3) is 0 Å². The van der Waals surface area contributed by atoms with Crippen molar-refractivity contribution in [3.63, 3.8) is 0 Å². The topological polar surface area (TPSA) is 53.1 Å². The summed E-state index contributed by atoms with van der Waals surface area (Å²) in [6, 6.07) is 18.1. The van der Waals surface area contributed by atoms with Gasteiger partial charge in [0.2, 0.25) is 5.91 Å². The number of rotatable bonds is 4. The lowest BCUT2D eigenvalue weighted by molar-refractivity contribution is -0.141. The average molecular weight is 422 g/mol. The molecular weight excluding hydrogens is 390 g/mol. The molecule has 2 aromatic rings. The van der Waals surface area contributed by atoms with Gasteiger partial charge in [0.05, 0.1) is 0 Å². The van der Waals surface area contributed by atoms with E-state index >= 15 is 0 Å². The summed E-state index contributed by atoms with van der Waals surface area (Å²) in [6.45, 7) is 7.67. The van der Waals surface area contributed by atoms with E-state index in [4.69, 9.17) is 4.74 Å². The molecule has 1 atom stereocenters. The summed E-state index contributed by atoms with van der Waals surface area (Å²) >= 11 is 0. The van der Waals surface area contributed by atoms with Crippen LogP contribution in [0.5, 0.6) is 0 Å². The van der Waals surface area contributed by atoms with E-state index in [0.29, 0.717) is 26.1 Å². The van der Waals surface area contributed by atoms with E-state index in [1.807, 2.05) is 42.2 Å². The van der Waals surface area contributed by atoms with Crippen molar-refractivity contribution in [1.29, 1.82) is 0 Å². The molecule has 2 fully saturated rings. The average Bonchev–Trinajstić information content (AvgIpc) is 3.20. The molecule has 1 unspecified atom stereocenters. The third-order valence-electron chi connectivity index (χ3n) is 6.46. The fraction of sp³-hybridized carbons (Fsp3) is 0.440. The lowest BCUT2D eigenvalue weighted by Gasteiger charge is -2.42. The van der Waals surface area contributed by atoms with Gasteiger partial charge in [-0.1, -0.05) is 42.5 Å². The molecule has 0 aromatic heterocycles. The second-order valence-corrected chi connectivity index (χ2v) is 8.69. The van der Waals surface area contributed by atoms with Gasteiger partial charge in [0, 0.05) is 38.4 Å². The Hall–Kier alpha value is -3.02. The van der Waals surface area contributed by atoms with Gasteiger partial charge in [-0.3, -0.25) is 9.69 Å². The molecule has 2 heterocycles. The van der Waals surface area contributed by atoms with Crippen LogP contribution in [0.1, 0.15) is 30.9 Å². The summed E-state index contributed by atoms with van der Waals surface area (Å²) in [4.78, 5) is 32.1. The number of benzene rings is 2. The van der Waals surface area contributed by atoms with Gasteiger partial charge in [-0.2, -0.15) is 0 Å². The summed E-state index contributed by atoms with van der Waals surface area (Å²) in [5.41, 5.74) is 2.54. The van der Waals surface area contributed by atoms with Gasteiger partial charge in [0.15, 0.2) is 0 Å². The number of nitrogens with zero attached hydrogens (tertiary/aromatic N) is 3. The Bertz CT molecular complexity index is 925. The molecule has 2 aliphatic heterocycles. The molecule has 6 nitrogen and oxygen atoms in total. The number of ether oxygens (including phenoxy) is 1. The van der Waals surface area contributed by atoms with Crippen LogP contribution in [0, 0.1) is 6.92 Å². The fourth-order valence-corrected chi connectivity index (χ4v) is 4.61. The van der Waals surface area contributed by atoms with Crippen molar-refractivity contribution in [1.82, 2.24) is 9.80 Å². The molecule has 0 saturated carbocycles. The second kappa shape index (κ2) is 9.00. The summed E-state index contributed by atoms with van der Waals surface area (Å²) in [6.07, 6.45) is 1.08. The molecule has 0 N–H and O–H groups in total. The van der Waals surface area contributed by atoms with Crippen LogP contribution in [0.15, 0.2) is 54.6 Å². The molecular formula is C25H31N3O3. The third kappa shape index (κ3) is 4.53. The highest BCUT2D eigenvalue weighted by Crippen LogP contribution is 2.32. The zero-order valence-corrected chi connectivity index (χ0v) is 18.4. The van der Waals surface area contributed by atoms with Crippen molar-refractivity contribution in [2.24, 2.45) is 0 Å². The quantitative estimate of drug-likeness (QED) is 0.753. The highest BCUT2D eigenvalue weighted by molar-refractivity contribution is 5.90. The van der Waals surface area contributed by atoms with E-state index in [0.717, 1.165) is 25.1 Å². The minimum absolute atomic E-state index is 0.0329. The number of amides is 2. The minimum Gasteiger partial charge on any atom is -0.445 e. The van der Waals surface area contributed by atoms with Gasteiger partial charge in [-0.05, 0) is 49.9 Å². The zero-order chi connectivity index (χ0) is 21.8. The van der Waals surface area contributed by atoms with E-state index in [1.54, 1.807) is 4.90 Å². The molecule has 31 heavy (non-hydrogen) atoms. The van der Waals surface area contributed by atoms with Gasteiger partial charge >= 0.3 is 6.09 Å². The first kappa shape index (κ1) is 21.2. The first-order valence-electron chi connectivity index (χ1n) is 11.1. The molecule has 0 bridgehead atoms. The van der Waals surface area contributed by atoms with E-state index in [2.05, 4.69) is 36.1 Å². The van der Waals surface area contributed by atoms with Gasteiger partial charge in [0.1, 0.15) is 12.1 Å². The van der Waals surface area contributed by atoms with Gasteiger partial charge in [-0.25, -0.2) is 4.79 Å². The SMILES string of the molecule is Cc1cccc(N2CCN(C(=O)C3(C)CCCN3C(=O)OCc3ccccc3)CC2)c1. The largest absolute Gasteiger partial charge is 0.445 e. The highest BCUT2D eigenvalue weighted by atomic mass is 16.6. The maximum atomic E-state index is 13.5. The minimum atomic E-state index is -0.834. The maximum Gasteiger partial charge on any atom is 0.410 e. The molecule has 0 radical (unpaired) electrons. The van der Waals surface area contributed by atoms with Crippen LogP contribution in [-0.4, -0.2) is 60.1 Å². The van der Waals surface area contributed by atoms with E-state index in [9.17, 15) is 9.59 Å². The van der Waals surface area contributed by atoms with E-state index in [1.165, 1.54) is 11.3 Å². The molecule has 2 amide bonds. The Labute approximate surface area is 184 Å². The summed E-state index contributed by atoms with van der Waals surface area (Å²) in [5.74, 6) is 0.0329. The highest BCUT2D eigenvalue weighted by Gasteiger charge is 2.48. The standard InChI is InChI=1S/C25H31N3O3/c1-20-8-6-11-22(18-20)26-14-16-27(17-15-26)23(29)25(2)12-7-13-28(25)24(30)31-19-21-9-4-3-5-10-21/h3-6,8-11,18H,7,12-17,19H2,1-2H3. The van der Waals surface area contributed by atoms with Crippen LogP contribution in [-0.2, 0) is 16.1 Å². The molecule has 0 aliphatic carbocycles. The van der Waals surface area contributed by atoms with Crippen molar-refractivity contribution >= 4 is 17.7 Å². The monoisotopic (exact) mass is 421 g/mol. The predicted molar refractivity (Wildman–Crippen MR) is 121 cm³/mol. The Morgan fingerprint density at radius 1 is 0.968 bits per heavy atom. The maximum absolute atomic E-state index is 13.5. The fourth-order valence-electron chi connectivity index (χ4n) is 4.61. The third-order valence-corrected chi connectivity index (χ3v) is 6.46. The number of likely N-dealkylation sites (tertiary alicyclic amines) is 1. The van der Waals surface area contributed by atoms with E-state index in [-0.39, 0.29) is 12.5 Å². The summed E-state index contributed by atoms with van der Waals surface area (Å²) in [5, 5.41) is 0. The lowest BCUT2D eigenvalue weighted by Crippen LogP contribution is -2.60. The second-order valence-electron chi connectivity index (χ2n) is 8.69. The van der Waals surface area contributed by atoms with Crippen molar-refractivity contribution in [3.05, 3.63) is 65.7 Å². The lowest BCUT2D eigenvalue weighted by atomic mass is 9.96. The Morgan fingerprint density at radius 2 is 1.71 bits per heavy atom. The molecule has 164 valence electrons. The predicted octanol–water partition coefficient (Wildman–Crippen LogP) is 3.83. The Kier molecular flexibility index (Phi) is 6.16. The van der Waals surface area contributed by atoms with Crippen LogP contribution in [0.4, 0.5) is 10.5 Å². The van der Waals surface area contributed by atoms with Crippen molar-refractivity contribution in [3.8, 4) is 0 Å². The number of aryl methyl sites for hydroxylation is 1. The van der Waals surface area contributed by atoms with Crippen molar-refractivity contribution in [2.75, 3.05) is 37.6 Å². The molecule has 2 saturated heterocycles. The van der Waals surface area contributed by atoms with Crippen LogP contribution in [0.25, 0.3) is 0 Å². The van der Waals surface area contributed by atoms with Gasteiger partial charge in [-0.15, -0.1) is 0 Å².